The number of amides is 1. The zero-order valence-corrected chi connectivity index (χ0v) is 16.7. The van der Waals surface area contributed by atoms with Gasteiger partial charge in [-0.25, -0.2) is 8.42 Å². The molecule has 1 atom stereocenters. The van der Waals surface area contributed by atoms with Crippen molar-refractivity contribution in [3.8, 4) is 0 Å². The van der Waals surface area contributed by atoms with Gasteiger partial charge in [0.2, 0.25) is 15.7 Å². The molecule has 1 aromatic heterocycles. The molecule has 0 bridgehead atoms. The fraction of sp³-hybridized carbons (Fsp3) is 0.190. The maximum atomic E-state index is 13.2. The van der Waals surface area contributed by atoms with Crippen molar-refractivity contribution in [1.82, 2.24) is 0 Å². The maximum Gasteiger partial charge on any atom is 0.225 e. The molecular weight excluding hydrogens is 378 g/mol. The van der Waals surface area contributed by atoms with E-state index < -0.39 is 9.84 Å². The maximum absolute atomic E-state index is 13.2. The van der Waals surface area contributed by atoms with Crippen LogP contribution in [0.15, 0.2) is 63.7 Å². The van der Waals surface area contributed by atoms with Gasteiger partial charge in [-0.05, 0) is 37.1 Å². The number of hydrogen-bond donors (Lipinski definition) is 1. The first kappa shape index (κ1) is 17.9. The number of nitrogens with one attached hydrogen (secondary N) is 1. The van der Waals surface area contributed by atoms with E-state index in [0.717, 1.165) is 21.6 Å². The number of carbonyl (C=O) groups is 1. The second-order valence-electron chi connectivity index (χ2n) is 6.82. The fourth-order valence-corrected chi connectivity index (χ4v) is 6.37. The van der Waals surface area contributed by atoms with Crippen molar-refractivity contribution in [1.29, 1.82) is 0 Å². The molecule has 1 N–H and O–H groups in total. The number of aryl methyl sites for hydroxylation is 2. The van der Waals surface area contributed by atoms with Crippen molar-refractivity contribution >= 4 is 32.8 Å². The highest BCUT2D eigenvalue weighted by Gasteiger charge is 2.34. The Morgan fingerprint density at radius 2 is 1.74 bits per heavy atom. The predicted octanol–water partition coefficient (Wildman–Crippen LogP) is 4.67. The second kappa shape index (κ2) is 6.62. The summed E-state index contributed by atoms with van der Waals surface area (Å²) < 4.78 is 26.3. The SMILES string of the molecule is Cc1ccc(S(=O)(=O)c2csc3c2NC(=O)C[C@H]3c2ccccc2C)cc1. The third kappa shape index (κ3) is 3.09. The van der Waals surface area contributed by atoms with Crippen LogP contribution in [-0.2, 0) is 14.6 Å². The van der Waals surface area contributed by atoms with Crippen LogP contribution in [0.3, 0.4) is 0 Å². The molecule has 0 radical (unpaired) electrons. The number of thiophene rings is 1. The molecule has 1 aliphatic rings. The summed E-state index contributed by atoms with van der Waals surface area (Å²) in [5.74, 6) is -0.281. The van der Waals surface area contributed by atoms with Crippen LogP contribution < -0.4 is 5.32 Å². The molecule has 2 heterocycles. The van der Waals surface area contributed by atoms with Crippen molar-refractivity contribution in [3.05, 3.63) is 75.5 Å². The van der Waals surface area contributed by atoms with Gasteiger partial charge in [0.25, 0.3) is 0 Å². The van der Waals surface area contributed by atoms with Gasteiger partial charge in [0.15, 0.2) is 0 Å². The second-order valence-corrected chi connectivity index (χ2v) is 9.65. The molecule has 4 nitrogen and oxygen atoms in total. The molecule has 3 aromatic rings. The van der Waals surface area contributed by atoms with Crippen molar-refractivity contribution in [3.63, 3.8) is 0 Å². The smallest absolute Gasteiger partial charge is 0.225 e. The Hall–Kier alpha value is -2.44. The van der Waals surface area contributed by atoms with E-state index in [1.54, 1.807) is 29.6 Å². The molecule has 0 fully saturated rings. The van der Waals surface area contributed by atoms with Gasteiger partial charge in [-0.15, -0.1) is 11.3 Å². The number of rotatable bonds is 3. The van der Waals surface area contributed by atoms with Gasteiger partial charge in [-0.1, -0.05) is 42.0 Å². The Labute approximate surface area is 162 Å². The highest BCUT2D eigenvalue weighted by Crippen LogP contribution is 2.46. The number of sulfone groups is 1. The van der Waals surface area contributed by atoms with Crippen LogP contribution in [-0.4, -0.2) is 14.3 Å². The lowest BCUT2D eigenvalue weighted by atomic mass is 9.88. The van der Waals surface area contributed by atoms with Gasteiger partial charge in [0.05, 0.1) is 10.6 Å². The van der Waals surface area contributed by atoms with Crippen molar-refractivity contribution < 1.29 is 13.2 Å². The quantitative estimate of drug-likeness (QED) is 0.698. The third-order valence-electron chi connectivity index (χ3n) is 4.94. The largest absolute Gasteiger partial charge is 0.324 e. The van der Waals surface area contributed by atoms with Gasteiger partial charge >= 0.3 is 0 Å². The Bertz CT molecular complexity index is 1130. The summed E-state index contributed by atoms with van der Waals surface area (Å²) in [6.45, 7) is 3.93. The summed E-state index contributed by atoms with van der Waals surface area (Å²) in [5, 5.41) is 4.46. The van der Waals surface area contributed by atoms with Crippen molar-refractivity contribution in [2.75, 3.05) is 5.32 Å². The number of fused-ring (bicyclic) bond motifs is 1. The molecule has 27 heavy (non-hydrogen) atoms. The van der Waals surface area contributed by atoms with Crippen LogP contribution >= 0.6 is 11.3 Å². The van der Waals surface area contributed by atoms with E-state index >= 15 is 0 Å². The highest BCUT2D eigenvalue weighted by molar-refractivity contribution is 7.91. The average molecular weight is 398 g/mol. The lowest BCUT2D eigenvalue weighted by Gasteiger charge is -2.25. The average Bonchev–Trinajstić information content (AvgIpc) is 3.06. The summed E-state index contributed by atoms with van der Waals surface area (Å²) in [6.07, 6.45) is 0.322. The first-order chi connectivity index (χ1) is 12.9. The molecule has 6 heteroatoms. The molecule has 0 spiro atoms. The lowest BCUT2D eigenvalue weighted by Crippen LogP contribution is -2.23. The van der Waals surface area contributed by atoms with Gasteiger partial charge in [0.1, 0.15) is 4.90 Å². The van der Waals surface area contributed by atoms with Crippen LogP contribution in [0.4, 0.5) is 5.69 Å². The highest BCUT2D eigenvalue weighted by atomic mass is 32.2. The summed E-state index contributed by atoms with van der Waals surface area (Å²) in [7, 11) is -3.70. The van der Waals surface area contributed by atoms with Gasteiger partial charge < -0.3 is 5.32 Å². The van der Waals surface area contributed by atoms with Gasteiger partial charge in [-0.3, -0.25) is 4.79 Å². The molecule has 0 saturated carbocycles. The first-order valence-corrected chi connectivity index (χ1v) is 11.0. The Morgan fingerprint density at radius 3 is 2.44 bits per heavy atom. The standard InChI is InChI=1S/C21H19NO3S2/c1-13-7-9-15(10-8-13)27(24,25)18-12-26-21-17(11-19(23)22-20(18)21)16-6-4-3-5-14(16)2/h3-10,12,17H,11H2,1-2H3,(H,22,23)/t17-/m0/s1. The van der Waals surface area contributed by atoms with E-state index in [2.05, 4.69) is 5.32 Å². The molecule has 2 aromatic carbocycles. The van der Waals surface area contributed by atoms with Crippen molar-refractivity contribution in [2.24, 2.45) is 0 Å². The summed E-state index contributed by atoms with van der Waals surface area (Å²) in [4.78, 5) is 13.7. The lowest BCUT2D eigenvalue weighted by molar-refractivity contribution is -0.116. The topological polar surface area (TPSA) is 63.2 Å². The number of benzene rings is 2. The molecule has 1 amide bonds. The predicted molar refractivity (Wildman–Crippen MR) is 107 cm³/mol. The summed E-state index contributed by atoms with van der Waals surface area (Å²) in [6, 6.07) is 14.7. The summed E-state index contributed by atoms with van der Waals surface area (Å²) >= 11 is 1.40. The molecule has 0 unspecified atom stereocenters. The molecule has 138 valence electrons. The van der Waals surface area contributed by atoms with E-state index in [4.69, 9.17) is 0 Å². The van der Waals surface area contributed by atoms with E-state index in [0.29, 0.717) is 12.1 Å². The third-order valence-corrected chi connectivity index (χ3v) is 7.98. The van der Waals surface area contributed by atoms with Crippen molar-refractivity contribution in [2.45, 2.75) is 36.0 Å². The van der Waals surface area contributed by atoms with Crippen LogP contribution in [0, 0.1) is 13.8 Å². The zero-order chi connectivity index (χ0) is 19.2. The Balaban J connectivity index is 1.85. The molecule has 0 aliphatic carbocycles. The number of anilines is 1. The van der Waals surface area contributed by atoms with Gasteiger partial charge in [-0.2, -0.15) is 0 Å². The zero-order valence-electron chi connectivity index (χ0n) is 15.0. The van der Waals surface area contributed by atoms with Gasteiger partial charge in [0, 0.05) is 22.6 Å². The normalized spacial score (nSPS) is 16.7. The molecule has 0 saturated heterocycles. The van der Waals surface area contributed by atoms with Crippen LogP contribution in [0.25, 0.3) is 0 Å². The summed E-state index contributed by atoms with van der Waals surface area (Å²) in [5.41, 5.74) is 3.59. The molecule has 1 aliphatic heterocycles. The monoisotopic (exact) mass is 397 g/mol. The van der Waals surface area contributed by atoms with E-state index in [-0.39, 0.29) is 21.6 Å². The van der Waals surface area contributed by atoms with Crippen LogP contribution in [0.5, 0.6) is 0 Å². The minimum atomic E-state index is -3.70. The fourth-order valence-electron chi connectivity index (χ4n) is 3.48. The number of carbonyl (C=O) groups excluding carboxylic acids is 1. The Morgan fingerprint density at radius 1 is 1.04 bits per heavy atom. The first-order valence-electron chi connectivity index (χ1n) is 8.66. The molecular formula is C21H19NO3S2. The van der Waals surface area contributed by atoms with Crippen LogP contribution in [0.2, 0.25) is 0 Å². The Kier molecular flexibility index (Phi) is 4.40. The van der Waals surface area contributed by atoms with Crippen LogP contribution in [0.1, 0.15) is 33.9 Å². The minimum absolute atomic E-state index is 0.123. The minimum Gasteiger partial charge on any atom is -0.324 e. The van der Waals surface area contributed by atoms with E-state index in [9.17, 15) is 13.2 Å². The van der Waals surface area contributed by atoms with E-state index in [1.807, 2.05) is 38.1 Å². The number of hydrogen-bond acceptors (Lipinski definition) is 4. The van der Waals surface area contributed by atoms with E-state index in [1.165, 1.54) is 11.3 Å². The molecule has 4 rings (SSSR count).